The van der Waals surface area contributed by atoms with Crippen molar-refractivity contribution in [1.82, 2.24) is 4.72 Å². The highest BCUT2D eigenvalue weighted by Gasteiger charge is 2.25. The Labute approximate surface area is 119 Å². The van der Waals surface area contributed by atoms with Crippen molar-refractivity contribution in [2.45, 2.75) is 30.3 Å². The molecule has 0 atom stereocenters. The summed E-state index contributed by atoms with van der Waals surface area (Å²) in [4.78, 5) is 0.134. The summed E-state index contributed by atoms with van der Waals surface area (Å²) in [5.74, 6) is 0.321. The third kappa shape index (κ3) is 3.49. The third-order valence-electron chi connectivity index (χ3n) is 3.30. The number of methoxy groups -OCH3 is 1. The maximum atomic E-state index is 12.5. The predicted octanol–water partition coefficient (Wildman–Crippen LogP) is 0.611. The van der Waals surface area contributed by atoms with Gasteiger partial charge in [0.25, 0.3) is 0 Å². The van der Waals surface area contributed by atoms with Crippen molar-refractivity contribution in [2.24, 2.45) is 5.73 Å². The summed E-state index contributed by atoms with van der Waals surface area (Å²) < 4.78 is 38.0. The second-order valence-electron chi connectivity index (χ2n) is 4.70. The Bertz CT molecular complexity index is 553. The molecule has 20 heavy (non-hydrogen) atoms. The van der Waals surface area contributed by atoms with Crippen LogP contribution in [0.2, 0.25) is 0 Å². The van der Waals surface area contributed by atoms with E-state index in [1.165, 1.54) is 7.11 Å². The number of nitrogens with two attached hydrogens (primary N) is 1. The molecule has 1 saturated heterocycles. The van der Waals surface area contributed by atoms with Gasteiger partial charge in [0, 0.05) is 25.8 Å². The molecule has 0 amide bonds. The first kappa shape index (κ1) is 15.2. The molecule has 0 spiro atoms. The Balaban J connectivity index is 2.27. The summed E-state index contributed by atoms with van der Waals surface area (Å²) in [6.07, 6.45) is 1.36. The lowest BCUT2D eigenvalue weighted by Gasteiger charge is -2.23. The summed E-state index contributed by atoms with van der Waals surface area (Å²) in [5, 5.41) is 0. The molecular formula is C13H20N2O4S. The van der Waals surface area contributed by atoms with Crippen molar-refractivity contribution in [3.63, 3.8) is 0 Å². The maximum Gasteiger partial charge on any atom is 0.244 e. The number of ether oxygens (including phenoxy) is 2. The predicted molar refractivity (Wildman–Crippen MR) is 75.0 cm³/mol. The largest absolute Gasteiger partial charge is 0.495 e. The van der Waals surface area contributed by atoms with Gasteiger partial charge in [0.1, 0.15) is 10.6 Å². The summed E-state index contributed by atoms with van der Waals surface area (Å²) in [6, 6.07) is 4.84. The SMILES string of the molecule is COc1ccc(CN)cc1S(=O)(=O)NC1CCOCC1. The van der Waals surface area contributed by atoms with Crippen LogP contribution in [-0.4, -0.2) is 34.8 Å². The van der Waals surface area contributed by atoms with Crippen LogP contribution in [0, 0.1) is 0 Å². The van der Waals surface area contributed by atoms with Crippen molar-refractivity contribution in [2.75, 3.05) is 20.3 Å². The third-order valence-corrected chi connectivity index (χ3v) is 4.84. The van der Waals surface area contributed by atoms with Crippen molar-refractivity contribution >= 4 is 10.0 Å². The van der Waals surface area contributed by atoms with Crippen molar-refractivity contribution in [1.29, 1.82) is 0 Å². The smallest absolute Gasteiger partial charge is 0.244 e. The summed E-state index contributed by atoms with van der Waals surface area (Å²) in [7, 11) is -2.17. The molecule has 0 bridgehead atoms. The molecule has 1 aliphatic rings. The number of hydrogen-bond donors (Lipinski definition) is 2. The van der Waals surface area contributed by atoms with Crippen molar-refractivity contribution in [3.8, 4) is 5.75 Å². The van der Waals surface area contributed by atoms with Crippen LogP contribution in [0.3, 0.4) is 0 Å². The number of nitrogens with one attached hydrogen (secondary N) is 1. The molecule has 7 heteroatoms. The molecule has 0 aliphatic carbocycles. The highest BCUT2D eigenvalue weighted by atomic mass is 32.2. The van der Waals surface area contributed by atoms with Gasteiger partial charge >= 0.3 is 0 Å². The highest BCUT2D eigenvalue weighted by Crippen LogP contribution is 2.25. The van der Waals surface area contributed by atoms with E-state index in [9.17, 15) is 8.42 Å². The van der Waals surface area contributed by atoms with E-state index in [1.54, 1.807) is 18.2 Å². The van der Waals surface area contributed by atoms with Gasteiger partial charge in [0.15, 0.2) is 0 Å². The molecule has 1 fully saturated rings. The van der Waals surface area contributed by atoms with E-state index in [1.807, 2.05) is 0 Å². The minimum Gasteiger partial charge on any atom is -0.495 e. The summed E-state index contributed by atoms with van der Waals surface area (Å²) >= 11 is 0. The molecule has 0 aromatic heterocycles. The zero-order valence-electron chi connectivity index (χ0n) is 11.5. The standard InChI is InChI=1S/C13H20N2O4S/c1-18-12-3-2-10(9-14)8-13(12)20(16,17)15-11-4-6-19-7-5-11/h2-3,8,11,15H,4-7,9,14H2,1H3. The normalized spacial score (nSPS) is 17.1. The van der Waals surface area contributed by atoms with Gasteiger partial charge in [-0.2, -0.15) is 0 Å². The van der Waals surface area contributed by atoms with Crippen LogP contribution >= 0.6 is 0 Å². The molecule has 1 aromatic carbocycles. The molecule has 0 unspecified atom stereocenters. The second-order valence-corrected chi connectivity index (χ2v) is 6.38. The van der Waals surface area contributed by atoms with Gasteiger partial charge in [-0.1, -0.05) is 6.07 Å². The average molecular weight is 300 g/mol. The molecule has 2 rings (SSSR count). The minimum absolute atomic E-state index is 0.0972. The van der Waals surface area contributed by atoms with Gasteiger partial charge in [0.05, 0.1) is 7.11 Å². The topological polar surface area (TPSA) is 90.7 Å². The van der Waals surface area contributed by atoms with Crippen LogP contribution in [0.25, 0.3) is 0 Å². The maximum absolute atomic E-state index is 12.5. The van der Waals surface area contributed by atoms with Gasteiger partial charge in [-0.25, -0.2) is 13.1 Å². The zero-order valence-corrected chi connectivity index (χ0v) is 12.3. The van der Waals surface area contributed by atoms with Crippen LogP contribution in [-0.2, 0) is 21.3 Å². The number of sulfonamides is 1. The number of hydrogen-bond acceptors (Lipinski definition) is 5. The van der Waals surface area contributed by atoms with Crippen LogP contribution < -0.4 is 15.2 Å². The van der Waals surface area contributed by atoms with E-state index < -0.39 is 10.0 Å². The molecule has 112 valence electrons. The lowest BCUT2D eigenvalue weighted by molar-refractivity contribution is 0.0832. The second kappa shape index (κ2) is 6.53. The average Bonchev–Trinajstić information content (AvgIpc) is 2.47. The Morgan fingerprint density at radius 2 is 2.10 bits per heavy atom. The lowest BCUT2D eigenvalue weighted by atomic mass is 10.1. The van der Waals surface area contributed by atoms with Crippen molar-refractivity contribution in [3.05, 3.63) is 23.8 Å². The molecule has 0 radical (unpaired) electrons. The van der Waals surface area contributed by atoms with Gasteiger partial charge in [-0.05, 0) is 30.5 Å². The molecule has 3 N–H and O–H groups in total. The van der Waals surface area contributed by atoms with Gasteiger partial charge in [-0.3, -0.25) is 0 Å². The molecule has 1 aromatic rings. The van der Waals surface area contributed by atoms with E-state index in [-0.39, 0.29) is 17.5 Å². The summed E-state index contributed by atoms with van der Waals surface area (Å²) in [5.41, 5.74) is 6.31. The molecule has 1 aliphatic heterocycles. The van der Waals surface area contributed by atoms with Crippen LogP contribution in [0.5, 0.6) is 5.75 Å². The first-order valence-corrected chi connectivity index (χ1v) is 8.02. The van der Waals surface area contributed by atoms with E-state index in [0.717, 1.165) is 5.56 Å². The highest BCUT2D eigenvalue weighted by molar-refractivity contribution is 7.89. The molecule has 6 nitrogen and oxygen atoms in total. The first-order chi connectivity index (χ1) is 9.56. The molecule has 1 heterocycles. The fourth-order valence-corrected chi connectivity index (χ4v) is 3.68. The lowest BCUT2D eigenvalue weighted by Crippen LogP contribution is -2.39. The van der Waals surface area contributed by atoms with E-state index in [0.29, 0.717) is 31.8 Å². The molecule has 0 saturated carbocycles. The van der Waals surface area contributed by atoms with E-state index in [2.05, 4.69) is 4.72 Å². The fraction of sp³-hybridized carbons (Fsp3) is 0.538. The monoisotopic (exact) mass is 300 g/mol. The van der Waals surface area contributed by atoms with Gasteiger partial charge in [0.2, 0.25) is 10.0 Å². The number of benzene rings is 1. The Kier molecular flexibility index (Phi) is 4.98. The van der Waals surface area contributed by atoms with E-state index >= 15 is 0 Å². The Morgan fingerprint density at radius 3 is 2.70 bits per heavy atom. The fourth-order valence-electron chi connectivity index (χ4n) is 2.16. The Hall–Kier alpha value is -1.15. The van der Waals surface area contributed by atoms with Crippen LogP contribution in [0.4, 0.5) is 0 Å². The van der Waals surface area contributed by atoms with Crippen LogP contribution in [0.15, 0.2) is 23.1 Å². The number of rotatable bonds is 5. The van der Waals surface area contributed by atoms with E-state index in [4.69, 9.17) is 15.2 Å². The van der Waals surface area contributed by atoms with Crippen molar-refractivity contribution < 1.29 is 17.9 Å². The zero-order chi connectivity index (χ0) is 14.6. The van der Waals surface area contributed by atoms with Crippen LogP contribution in [0.1, 0.15) is 18.4 Å². The summed E-state index contributed by atoms with van der Waals surface area (Å²) in [6.45, 7) is 1.43. The molecular weight excluding hydrogens is 280 g/mol. The first-order valence-electron chi connectivity index (χ1n) is 6.54. The minimum atomic E-state index is -3.62. The quantitative estimate of drug-likeness (QED) is 0.831. The van der Waals surface area contributed by atoms with Gasteiger partial charge in [-0.15, -0.1) is 0 Å². The Morgan fingerprint density at radius 1 is 1.40 bits per heavy atom. The van der Waals surface area contributed by atoms with Gasteiger partial charge < -0.3 is 15.2 Å².